The van der Waals surface area contributed by atoms with E-state index in [1.165, 1.54) is 0 Å². The molecule has 0 amide bonds. The van der Waals surface area contributed by atoms with Crippen LogP contribution in [0, 0.1) is 0 Å². The largest absolute Gasteiger partial charge is 0.354 e. The standard InChI is InChI=1S/C13H14Cl2N4/c1-16-9-4-5-19(7-9)12-10-3-2-8(14)6-11(10)17-13(15)18-12/h2-3,6,9,16H,4-5,7H2,1H3/t9-/m0/s1. The number of hydrogen-bond donors (Lipinski definition) is 1. The van der Waals surface area contributed by atoms with Crippen molar-refractivity contribution in [1.82, 2.24) is 15.3 Å². The number of rotatable bonds is 2. The summed E-state index contributed by atoms with van der Waals surface area (Å²) in [6, 6.07) is 6.13. The summed E-state index contributed by atoms with van der Waals surface area (Å²) in [4.78, 5) is 10.9. The summed E-state index contributed by atoms with van der Waals surface area (Å²) in [6.07, 6.45) is 1.10. The minimum Gasteiger partial charge on any atom is -0.354 e. The van der Waals surface area contributed by atoms with Crippen molar-refractivity contribution < 1.29 is 0 Å². The van der Waals surface area contributed by atoms with E-state index in [0.717, 1.165) is 36.2 Å². The van der Waals surface area contributed by atoms with Gasteiger partial charge in [0.15, 0.2) is 0 Å². The van der Waals surface area contributed by atoms with Gasteiger partial charge in [-0.05, 0) is 43.3 Å². The van der Waals surface area contributed by atoms with Gasteiger partial charge in [0, 0.05) is 29.5 Å². The number of hydrogen-bond acceptors (Lipinski definition) is 4. The van der Waals surface area contributed by atoms with Crippen LogP contribution in [-0.4, -0.2) is 36.1 Å². The Morgan fingerprint density at radius 2 is 2.16 bits per heavy atom. The summed E-state index contributed by atoms with van der Waals surface area (Å²) in [7, 11) is 1.99. The molecule has 0 unspecified atom stereocenters. The summed E-state index contributed by atoms with van der Waals surface area (Å²) in [5, 5.41) is 5.20. The van der Waals surface area contributed by atoms with E-state index in [9.17, 15) is 0 Å². The third-order valence-corrected chi connectivity index (χ3v) is 3.91. The van der Waals surface area contributed by atoms with Gasteiger partial charge in [0.25, 0.3) is 0 Å². The first-order chi connectivity index (χ1) is 9.17. The van der Waals surface area contributed by atoms with Crippen molar-refractivity contribution in [3.63, 3.8) is 0 Å². The highest BCUT2D eigenvalue weighted by Crippen LogP contribution is 2.29. The Balaban J connectivity index is 2.08. The first-order valence-electron chi connectivity index (χ1n) is 6.22. The fourth-order valence-electron chi connectivity index (χ4n) is 2.49. The average Bonchev–Trinajstić information content (AvgIpc) is 2.85. The van der Waals surface area contributed by atoms with Crippen LogP contribution in [0.4, 0.5) is 5.82 Å². The molecule has 0 radical (unpaired) electrons. The highest BCUT2D eigenvalue weighted by atomic mass is 35.5. The van der Waals surface area contributed by atoms with E-state index >= 15 is 0 Å². The van der Waals surface area contributed by atoms with Gasteiger partial charge in [0.1, 0.15) is 5.82 Å². The van der Waals surface area contributed by atoms with Crippen LogP contribution in [0.3, 0.4) is 0 Å². The molecule has 1 N–H and O–H groups in total. The van der Waals surface area contributed by atoms with Gasteiger partial charge < -0.3 is 10.2 Å². The monoisotopic (exact) mass is 296 g/mol. The second kappa shape index (κ2) is 5.12. The lowest BCUT2D eigenvalue weighted by atomic mass is 10.2. The van der Waals surface area contributed by atoms with Crippen LogP contribution in [0.2, 0.25) is 10.3 Å². The molecule has 3 rings (SSSR count). The normalized spacial score (nSPS) is 19.3. The SMILES string of the molecule is CN[C@H]1CCN(c2nc(Cl)nc3cc(Cl)ccc23)C1. The van der Waals surface area contributed by atoms with Crippen LogP contribution < -0.4 is 10.2 Å². The lowest BCUT2D eigenvalue weighted by Gasteiger charge is -2.19. The van der Waals surface area contributed by atoms with Gasteiger partial charge in [-0.2, -0.15) is 4.98 Å². The number of nitrogens with one attached hydrogen (secondary N) is 1. The van der Waals surface area contributed by atoms with E-state index in [1.54, 1.807) is 0 Å². The predicted octanol–water partition coefficient (Wildman–Crippen LogP) is 2.73. The molecule has 0 saturated carbocycles. The quantitative estimate of drug-likeness (QED) is 0.865. The van der Waals surface area contributed by atoms with E-state index in [4.69, 9.17) is 23.2 Å². The first kappa shape index (κ1) is 12.9. The van der Waals surface area contributed by atoms with Crippen molar-refractivity contribution in [2.45, 2.75) is 12.5 Å². The smallest absolute Gasteiger partial charge is 0.224 e. The molecule has 0 spiro atoms. The molecule has 4 nitrogen and oxygen atoms in total. The molecule has 1 aromatic carbocycles. The number of likely N-dealkylation sites (N-methyl/N-ethyl adjacent to an activating group) is 1. The van der Waals surface area contributed by atoms with Crippen molar-refractivity contribution in [3.05, 3.63) is 28.5 Å². The van der Waals surface area contributed by atoms with Gasteiger partial charge in [0.2, 0.25) is 5.28 Å². The molecule has 100 valence electrons. The molecular weight excluding hydrogens is 283 g/mol. The Kier molecular flexibility index (Phi) is 3.48. The number of anilines is 1. The maximum atomic E-state index is 6.02. The molecule has 2 aromatic rings. The molecule has 1 atom stereocenters. The maximum absolute atomic E-state index is 6.02. The Bertz CT molecular complexity index is 612. The predicted molar refractivity (Wildman–Crippen MR) is 79.2 cm³/mol. The molecule has 1 aliphatic rings. The average molecular weight is 297 g/mol. The van der Waals surface area contributed by atoms with E-state index in [1.807, 2.05) is 25.2 Å². The van der Waals surface area contributed by atoms with Gasteiger partial charge in [0.05, 0.1) is 5.52 Å². The molecule has 1 saturated heterocycles. The summed E-state index contributed by atoms with van der Waals surface area (Å²) in [6.45, 7) is 1.90. The minimum absolute atomic E-state index is 0.262. The number of fused-ring (bicyclic) bond motifs is 1. The van der Waals surface area contributed by atoms with Crippen LogP contribution in [0.25, 0.3) is 10.9 Å². The molecule has 0 aliphatic carbocycles. The van der Waals surface area contributed by atoms with Gasteiger partial charge >= 0.3 is 0 Å². The zero-order valence-electron chi connectivity index (χ0n) is 10.5. The molecule has 1 fully saturated rings. The van der Waals surface area contributed by atoms with Crippen molar-refractivity contribution >= 4 is 39.9 Å². The van der Waals surface area contributed by atoms with Crippen molar-refractivity contribution in [1.29, 1.82) is 0 Å². The van der Waals surface area contributed by atoms with E-state index in [0.29, 0.717) is 11.1 Å². The number of benzene rings is 1. The Hall–Kier alpha value is -1.10. The Labute approximate surface area is 121 Å². The van der Waals surface area contributed by atoms with Gasteiger partial charge in [-0.25, -0.2) is 4.98 Å². The second-order valence-electron chi connectivity index (χ2n) is 4.70. The summed E-state index contributed by atoms with van der Waals surface area (Å²) in [5.41, 5.74) is 0.787. The number of aromatic nitrogens is 2. The van der Waals surface area contributed by atoms with E-state index < -0.39 is 0 Å². The zero-order valence-corrected chi connectivity index (χ0v) is 12.0. The summed E-state index contributed by atoms with van der Waals surface area (Å²) in [5.74, 6) is 0.893. The fraction of sp³-hybridized carbons (Fsp3) is 0.385. The molecule has 1 aliphatic heterocycles. The van der Waals surface area contributed by atoms with Gasteiger partial charge in [-0.1, -0.05) is 11.6 Å². The molecule has 6 heteroatoms. The molecule has 0 bridgehead atoms. The lowest BCUT2D eigenvalue weighted by molar-refractivity contribution is 0.616. The van der Waals surface area contributed by atoms with Crippen molar-refractivity contribution in [3.8, 4) is 0 Å². The minimum atomic E-state index is 0.262. The van der Waals surface area contributed by atoms with Gasteiger partial charge in [-0.3, -0.25) is 0 Å². The third-order valence-electron chi connectivity index (χ3n) is 3.51. The van der Waals surface area contributed by atoms with Crippen LogP contribution in [0.15, 0.2) is 18.2 Å². The van der Waals surface area contributed by atoms with Crippen LogP contribution in [-0.2, 0) is 0 Å². The lowest BCUT2D eigenvalue weighted by Crippen LogP contribution is -2.30. The molecular formula is C13H14Cl2N4. The Morgan fingerprint density at radius 3 is 2.89 bits per heavy atom. The fourth-order valence-corrected chi connectivity index (χ4v) is 2.83. The van der Waals surface area contributed by atoms with Crippen molar-refractivity contribution in [2.75, 3.05) is 25.0 Å². The first-order valence-corrected chi connectivity index (χ1v) is 6.98. The molecule has 2 heterocycles. The van der Waals surface area contributed by atoms with Crippen LogP contribution in [0.1, 0.15) is 6.42 Å². The number of halogens is 2. The third kappa shape index (κ3) is 2.48. The number of nitrogens with zero attached hydrogens (tertiary/aromatic N) is 3. The highest BCUT2D eigenvalue weighted by molar-refractivity contribution is 6.31. The highest BCUT2D eigenvalue weighted by Gasteiger charge is 2.24. The topological polar surface area (TPSA) is 41.0 Å². The summed E-state index contributed by atoms with van der Waals surface area (Å²) >= 11 is 12.0. The zero-order chi connectivity index (χ0) is 13.4. The second-order valence-corrected chi connectivity index (χ2v) is 5.47. The maximum Gasteiger partial charge on any atom is 0.224 e. The van der Waals surface area contributed by atoms with E-state index in [-0.39, 0.29) is 5.28 Å². The summed E-state index contributed by atoms with van der Waals surface area (Å²) < 4.78 is 0. The van der Waals surface area contributed by atoms with Crippen LogP contribution in [0.5, 0.6) is 0 Å². The van der Waals surface area contributed by atoms with Crippen molar-refractivity contribution in [2.24, 2.45) is 0 Å². The molecule has 1 aromatic heterocycles. The molecule has 19 heavy (non-hydrogen) atoms. The van der Waals surface area contributed by atoms with E-state index in [2.05, 4.69) is 20.2 Å². The van der Waals surface area contributed by atoms with Crippen LogP contribution >= 0.6 is 23.2 Å². The van der Waals surface area contributed by atoms with Gasteiger partial charge in [-0.15, -0.1) is 0 Å². The Morgan fingerprint density at radius 1 is 1.32 bits per heavy atom.